The molecule has 0 aromatic heterocycles. The van der Waals surface area contributed by atoms with E-state index >= 15 is 0 Å². The zero-order valence-electron chi connectivity index (χ0n) is 13.5. The molecule has 2 aliphatic rings. The molecular weight excluding hydrogens is 284 g/mol. The number of nitrogens with zero attached hydrogens (tertiary/aromatic N) is 2. The van der Waals surface area contributed by atoms with Crippen LogP contribution in [-0.4, -0.2) is 60.4 Å². The Kier molecular flexibility index (Phi) is 5.80. The molecule has 2 fully saturated rings. The Morgan fingerprint density at radius 1 is 1.00 bits per heavy atom. The number of hydrogen-bond donors (Lipinski definition) is 0. The summed E-state index contributed by atoms with van der Waals surface area (Å²) in [6, 6.07) is 0. The highest BCUT2D eigenvalue weighted by atomic mass is 16.5. The normalized spacial score (nSPS) is 25.7. The summed E-state index contributed by atoms with van der Waals surface area (Å²) >= 11 is 0. The Balaban J connectivity index is 1.93. The van der Waals surface area contributed by atoms with Crippen molar-refractivity contribution in [3.8, 4) is 0 Å². The third-order valence-corrected chi connectivity index (χ3v) is 4.46. The van der Waals surface area contributed by atoms with E-state index in [0.717, 1.165) is 25.7 Å². The molecule has 0 radical (unpaired) electrons. The van der Waals surface area contributed by atoms with Crippen molar-refractivity contribution in [2.75, 3.05) is 32.8 Å². The van der Waals surface area contributed by atoms with Gasteiger partial charge in [-0.1, -0.05) is 6.92 Å². The molecule has 6 heteroatoms. The summed E-state index contributed by atoms with van der Waals surface area (Å²) in [4.78, 5) is 39.8. The van der Waals surface area contributed by atoms with Gasteiger partial charge in [0.25, 0.3) is 0 Å². The van der Waals surface area contributed by atoms with E-state index in [1.807, 2.05) is 0 Å². The van der Waals surface area contributed by atoms with Gasteiger partial charge in [0.05, 0.1) is 12.5 Å². The number of amides is 2. The third kappa shape index (κ3) is 3.99. The predicted molar refractivity (Wildman–Crippen MR) is 80.9 cm³/mol. The molecule has 0 aromatic rings. The van der Waals surface area contributed by atoms with Crippen LogP contribution in [0.25, 0.3) is 0 Å². The van der Waals surface area contributed by atoms with Crippen LogP contribution in [0.2, 0.25) is 0 Å². The number of ether oxygens (including phenoxy) is 1. The standard InChI is InChI=1S/C16H26N2O4/c1-3-22-16(21)13-7-5-9-18(11-13)15(20)14(19)17-8-4-6-12(2)10-17/h12-13H,3-11H2,1-2H3. The number of rotatable bonds is 2. The van der Waals surface area contributed by atoms with Gasteiger partial charge in [-0.25, -0.2) is 0 Å². The van der Waals surface area contributed by atoms with Gasteiger partial charge in [-0.05, 0) is 38.5 Å². The van der Waals surface area contributed by atoms with Crippen LogP contribution >= 0.6 is 0 Å². The number of esters is 1. The minimum atomic E-state index is -0.469. The molecule has 2 amide bonds. The minimum absolute atomic E-state index is 0.265. The van der Waals surface area contributed by atoms with Gasteiger partial charge in [-0.3, -0.25) is 14.4 Å². The van der Waals surface area contributed by atoms with Gasteiger partial charge < -0.3 is 14.5 Å². The first-order chi connectivity index (χ1) is 10.5. The number of hydrogen-bond acceptors (Lipinski definition) is 4. The molecule has 2 heterocycles. The number of carbonyl (C=O) groups excluding carboxylic acids is 3. The van der Waals surface area contributed by atoms with Crippen molar-refractivity contribution in [3.63, 3.8) is 0 Å². The molecule has 0 N–H and O–H groups in total. The maximum absolute atomic E-state index is 12.4. The largest absolute Gasteiger partial charge is 0.466 e. The Morgan fingerprint density at radius 3 is 2.18 bits per heavy atom. The van der Waals surface area contributed by atoms with E-state index in [1.54, 1.807) is 11.8 Å². The molecule has 0 aromatic carbocycles. The zero-order valence-corrected chi connectivity index (χ0v) is 13.5. The monoisotopic (exact) mass is 310 g/mol. The highest BCUT2D eigenvalue weighted by molar-refractivity contribution is 6.35. The average Bonchev–Trinajstić information content (AvgIpc) is 2.54. The fourth-order valence-electron chi connectivity index (χ4n) is 3.26. The molecule has 2 atom stereocenters. The molecule has 0 aliphatic carbocycles. The Morgan fingerprint density at radius 2 is 1.59 bits per heavy atom. The van der Waals surface area contributed by atoms with Crippen LogP contribution in [0.3, 0.4) is 0 Å². The van der Waals surface area contributed by atoms with Gasteiger partial charge >= 0.3 is 17.8 Å². The lowest BCUT2D eigenvalue weighted by atomic mass is 9.97. The average molecular weight is 310 g/mol. The molecule has 2 saturated heterocycles. The van der Waals surface area contributed by atoms with Gasteiger partial charge in [0.1, 0.15) is 0 Å². The maximum atomic E-state index is 12.4. The van der Waals surface area contributed by atoms with Gasteiger partial charge in [-0.2, -0.15) is 0 Å². The van der Waals surface area contributed by atoms with E-state index in [0.29, 0.717) is 38.7 Å². The van der Waals surface area contributed by atoms with Crippen LogP contribution in [0.4, 0.5) is 0 Å². The second kappa shape index (κ2) is 7.61. The quantitative estimate of drug-likeness (QED) is 0.565. The fourth-order valence-corrected chi connectivity index (χ4v) is 3.26. The lowest BCUT2D eigenvalue weighted by molar-refractivity contribution is -0.157. The summed E-state index contributed by atoms with van der Waals surface area (Å²) in [5, 5.41) is 0. The van der Waals surface area contributed by atoms with Gasteiger partial charge in [0.15, 0.2) is 0 Å². The van der Waals surface area contributed by atoms with E-state index in [4.69, 9.17) is 4.74 Å². The number of carbonyl (C=O) groups is 3. The summed E-state index contributed by atoms with van der Waals surface area (Å²) in [7, 11) is 0. The Bertz CT molecular complexity index is 438. The molecule has 2 aliphatic heterocycles. The number of piperidine rings is 2. The summed E-state index contributed by atoms with van der Waals surface area (Å²) in [5.74, 6) is -1.01. The molecule has 0 bridgehead atoms. The first-order valence-corrected chi connectivity index (χ1v) is 8.27. The van der Waals surface area contributed by atoms with E-state index in [9.17, 15) is 14.4 Å². The zero-order chi connectivity index (χ0) is 16.1. The molecule has 2 rings (SSSR count). The third-order valence-electron chi connectivity index (χ3n) is 4.46. The molecule has 22 heavy (non-hydrogen) atoms. The lowest BCUT2D eigenvalue weighted by Gasteiger charge is -2.35. The van der Waals surface area contributed by atoms with Crippen molar-refractivity contribution in [3.05, 3.63) is 0 Å². The Hall–Kier alpha value is -1.59. The first kappa shape index (κ1) is 16.8. The fraction of sp³-hybridized carbons (Fsp3) is 0.812. The second-order valence-corrected chi connectivity index (χ2v) is 6.34. The summed E-state index contributed by atoms with van der Waals surface area (Å²) < 4.78 is 5.03. The maximum Gasteiger partial charge on any atom is 0.312 e. The van der Waals surface area contributed by atoms with Gasteiger partial charge in [0, 0.05) is 26.2 Å². The summed E-state index contributed by atoms with van der Waals surface area (Å²) in [6.07, 6.45) is 3.51. The Labute approximate surface area is 131 Å². The van der Waals surface area contributed by atoms with Crippen LogP contribution in [0, 0.1) is 11.8 Å². The van der Waals surface area contributed by atoms with Crippen molar-refractivity contribution in [1.82, 2.24) is 9.80 Å². The topological polar surface area (TPSA) is 66.9 Å². The van der Waals surface area contributed by atoms with E-state index in [1.165, 1.54) is 4.90 Å². The van der Waals surface area contributed by atoms with Crippen molar-refractivity contribution < 1.29 is 19.1 Å². The SMILES string of the molecule is CCOC(=O)C1CCCN(C(=O)C(=O)N2CCCC(C)C2)C1. The molecule has 6 nitrogen and oxygen atoms in total. The van der Waals surface area contributed by atoms with Crippen LogP contribution < -0.4 is 0 Å². The van der Waals surface area contributed by atoms with Gasteiger partial charge in [0.2, 0.25) is 0 Å². The number of likely N-dealkylation sites (tertiary alicyclic amines) is 2. The lowest BCUT2D eigenvalue weighted by Crippen LogP contribution is -2.51. The van der Waals surface area contributed by atoms with Crippen molar-refractivity contribution in [1.29, 1.82) is 0 Å². The van der Waals surface area contributed by atoms with E-state index in [2.05, 4.69) is 6.92 Å². The molecule has 2 unspecified atom stereocenters. The summed E-state index contributed by atoms with van der Waals surface area (Å²) in [6.45, 7) is 6.36. The molecule has 124 valence electrons. The minimum Gasteiger partial charge on any atom is -0.466 e. The van der Waals surface area contributed by atoms with Crippen LogP contribution in [0.15, 0.2) is 0 Å². The molecular formula is C16H26N2O4. The van der Waals surface area contributed by atoms with E-state index in [-0.39, 0.29) is 11.9 Å². The van der Waals surface area contributed by atoms with Crippen molar-refractivity contribution in [2.24, 2.45) is 11.8 Å². The first-order valence-electron chi connectivity index (χ1n) is 8.27. The highest BCUT2D eigenvalue weighted by Gasteiger charge is 2.34. The van der Waals surface area contributed by atoms with Crippen LogP contribution in [-0.2, 0) is 19.1 Å². The smallest absolute Gasteiger partial charge is 0.312 e. The van der Waals surface area contributed by atoms with Gasteiger partial charge in [-0.15, -0.1) is 0 Å². The molecule has 0 saturated carbocycles. The highest BCUT2D eigenvalue weighted by Crippen LogP contribution is 2.20. The predicted octanol–water partition coefficient (Wildman–Crippen LogP) is 1.05. The van der Waals surface area contributed by atoms with Crippen LogP contribution in [0.5, 0.6) is 0 Å². The molecule has 0 spiro atoms. The second-order valence-electron chi connectivity index (χ2n) is 6.34. The van der Waals surface area contributed by atoms with Crippen LogP contribution in [0.1, 0.15) is 39.5 Å². The van der Waals surface area contributed by atoms with Crippen molar-refractivity contribution >= 4 is 17.8 Å². The van der Waals surface area contributed by atoms with Crippen molar-refractivity contribution in [2.45, 2.75) is 39.5 Å². The van der Waals surface area contributed by atoms with E-state index < -0.39 is 11.8 Å². The summed E-state index contributed by atoms with van der Waals surface area (Å²) in [5.41, 5.74) is 0.